The van der Waals surface area contributed by atoms with Gasteiger partial charge in [0.25, 0.3) is 0 Å². The lowest BCUT2D eigenvalue weighted by Crippen LogP contribution is -2.25. The third-order valence-corrected chi connectivity index (χ3v) is 8.19. The van der Waals surface area contributed by atoms with Gasteiger partial charge < -0.3 is 0 Å². The van der Waals surface area contributed by atoms with Crippen LogP contribution in [0.2, 0.25) is 0 Å². The van der Waals surface area contributed by atoms with Crippen LogP contribution in [0, 0.1) is 18.3 Å². The molecule has 0 bridgehead atoms. The molecule has 1 aromatic rings. The van der Waals surface area contributed by atoms with Gasteiger partial charge in [0, 0.05) is 0 Å². The summed E-state index contributed by atoms with van der Waals surface area (Å²) in [7, 11) is 0. The van der Waals surface area contributed by atoms with Crippen molar-refractivity contribution in [1.29, 1.82) is 0 Å². The number of hydrogen-bond acceptors (Lipinski definition) is 0. The van der Waals surface area contributed by atoms with Gasteiger partial charge in [-0.15, -0.1) is 0 Å². The maximum Gasteiger partial charge on any atom is -0.0116 e. The van der Waals surface area contributed by atoms with Crippen LogP contribution in [0.25, 0.3) is 0 Å². The van der Waals surface area contributed by atoms with Crippen molar-refractivity contribution in [3.63, 3.8) is 0 Å². The minimum absolute atomic E-state index is 0.369. The second-order valence-corrected chi connectivity index (χ2v) is 11.8. The molecule has 0 nitrogen and oxygen atoms in total. The zero-order valence-electron chi connectivity index (χ0n) is 26.0. The van der Waals surface area contributed by atoms with Crippen LogP contribution in [0.4, 0.5) is 0 Å². The van der Waals surface area contributed by atoms with Crippen LogP contribution in [0.1, 0.15) is 168 Å². The molecule has 1 atom stereocenters. The second kappa shape index (κ2) is 23.1. The molecule has 0 aromatic heterocycles. The first-order valence-corrected chi connectivity index (χ1v) is 16.1. The van der Waals surface area contributed by atoms with Crippen molar-refractivity contribution in [2.45, 2.75) is 170 Å². The van der Waals surface area contributed by atoms with Gasteiger partial charge in [0.15, 0.2) is 0 Å². The topological polar surface area (TPSA) is 0 Å². The molecule has 1 aromatic carbocycles. The Kier molecular flexibility index (Phi) is 22.4. The summed E-state index contributed by atoms with van der Waals surface area (Å²) in [6, 6.07) is 9.22. The van der Waals surface area contributed by atoms with Crippen molar-refractivity contribution in [1.82, 2.24) is 0 Å². The Balaban J connectivity index is 0.00000117. The zero-order chi connectivity index (χ0) is 27.1. The first-order chi connectivity index (χ1) is 17.4. The number of rotatable bonds is 14. The molecule has 0 N–H and O–H groups in total. The predicted molar refractivity (Wildman–Crippen MR) is 167 cm³/mol. The molecule has 1 unspecified atom stereocenters. The molecule has 0 amide bonds. The van der Waals surface area contributed by atoms with Gasteiger partial charge in [0.2, 0.25) is 0 Å². The van der Waals surface area contributed by atoms with Crippen molar-refractivity contribution in [2.24, 2.45) is 11.3 Å². The molecule has 210 valence electrons. The summed E-state index contributed by atoms with van der Waals surface area (Å²) in [5.41, 5.74) is 4.79. The van der Waals surface area contributed by atoms with Gasteiger partial charge in [-0.3, -0.25) is 0 Å². The van der Waals surface area contributed by atoms with Crippen molar-refractivity contribution in [2.75, 3.05) is 0 Å². The largest absolute Gasteiger partial charge is 0.0990 e. The number of benzene rings is 1. The molecule has 1 aliphatic carbocycles. The Labute approximate surface area is 229 Å². The highest BCUT2D eigenvalue weighted by atomic mass is 14.4. The summed E-state index contributed by atoms with van der Waals surface area (Å²) in [6.45, 7) is 20.5. The van der Waals surface area contributed by atoms with Gasteiger partial charge in [-0.2, -0.15) is 0 Å². The summed E-state index contributed by atoms with van der Waals surface area (Å²) < 4.78 is 0. The minimum atomic E-state index is 0.369. The summed E-state index contributed by atoms with van der Waals surface area (Å²) in [6.07, 6.45) is 25.9. The van der Waals surface area contributed by atoms with E-state index in [9.17, 15) is 0 Å². The number of hydrogen-bond donors (Lipinski definition) is 0. The van der Waals surface area contributed by atoms with Gasteiger partial charge in [0.1, 0.15) is 0 Å². The maximum atomic E-state index is 4.73. The summed E-state index contributed by atoms with van der Waals surface area (Å²) >= 11 is 0. The van der Waals surface area contributed by atoms with Gasteiger partial charge in [-0.1, -0.05) is 180 Å². The molecule has 0 heteroatoms. The van der Waals surface area contributed by atoms with E-state index in [2.05, 4.69) is 72.7 Å². The highest BCUT2D eigenvalue weighted by Gasteiger charge is 2.32. The molecule has 1 saturated carbocycles. The van der Waals surface area contributed by atoms with E-state index >= 15 is 0 Å². The van der Waals surface area contributed by atoms with Crippen LogP contribution in [-0.4, -0.2) is 0 Å². The average molecular weight is 499 g/mol. The van der Waals surface area contributed by atoms with E-state index in [1.165, 1.54) is 133 Å². The molecular formula is C36H66. The Morgan fingerprint density at radius 1 is 0.694 bits per heavy atom. The van der Waals surface area contributed by atoms with Crippen LogP contribution in [-0.2, 0) is 6.42 Å². The van der Waals surface area contributed by atoms with E-state index in [1.54, 1.807) is 5.57 Å². The summed E-state index contributed by atoms with van der Waals surface area (Å²) in [5.74, 6) is 0.655. The van der Waals surface area contributed by atoms with E-state index in [0.29, 0.717) is 11.3 Å². The Morgan fingerprint density at radius 3 is 1.67 bits per heavy atom. The summed E-state index contributed by atoms with van der Waals surface area (Å²) in [5, 5.41) is 0. The van der Waals surface area contributed by atoms with Gasteiger partial charge in [0.05, 0.1) is 0 Å². The van der Waals surface area contributed by atoms with Crippen molar-refractivity contribution < 1.29 is 0 Å². The Morgan fingerprint density at radius 2 is 1.19 bits per heavy atom. The van der Waals surface area contributed by atoms with Crippen LogP contribution in [0.3, 0.4) is 0 Å². The molecule has 36 heavy (non-hydrogen) atoms. The molecule has 0 heterocycles. The third kappa shape index (κ3) is 16.7. The van der Waals surface area contributed by atoms with E-state index in [-0.39, 0.29) is 0 Å². The third-order valence-electron chi connectivity index (χ3n) is 8.19. The predicted octanol–water partition coefficient (Wildman–Crippen LogP) is 12.8. The first kappa shape index (κ1) is 35.0. The van der Waals surface area contributed by atoms with Crippen LogP contribution >= 0.6 is 0 Å². The molecule has 2 rings (SSSR count). The molecule has 1 fully saturated rings. The van der Waals surface area contributed by atoms with E-state index in [1.807, 2.05) is 0 Å². The molecular weight excluding hydrogens is 432 g/mol. The quantitative estimate of drug-likeness (QED) is 0.136. The second-order valence-electron chi connectivity index (χ2n) is 11.8. The van der Waals surface area contributed by atoms with Gasteiger partial charge in [-0.25, -0.2) is 0 Å². The number of allylic oxidation sites excluding steroid dienone is 1. The van der Waals surface area contributed by atoms with Crippen LogP contribution < -0.4 is 0 Å². The zero-order valence-corrected chi connectivity index (χ0v) is 26.0. The number of unbranched alkanes of at least 4 members (excludes halogenated alkanes) is 8. The van der Waals surface area contributed by atoms with E-state index in [0.717, 1.165) is 0 Å². The SMILES string of the molecule is C=C(C(CCCCCCCC)Cc1ccc(C)cc1)C1(C)CCCCCC1.CCCC.CCCCC. The lowest BCUT2D eigenvalue weighted by Gasteiger charge is -2.36. The smallest absolute Gasteiger partial charge is 0.0116 e. The minimum Gasteiger partial charge on any atom is -0.0990 e. The Bertz CT molecular complexity index is 595. The van der Waals surface area contributed by atoms with Crippen LogP contribution in [0.15, 0.2) is 36.4 Å². The molecule has 0 spiro atoms. The standard InChI is InChI=1S/C27H44.C5H12.C4H10/c1-5-6-7-8-9-12-15-26(22-25-18-16-23(2)17-19-25)24(3)27(4)20-13-10-11-14-21-27;1-3-5-4-2;1-3-4-2/h16-19,26H,3,5-15,20-22H2,1-2,4H3;3-5H2,1-2H3;3-4H2,1-2H3. The monoisotopic (exact) mass is 499 g/mol. The lowest BCUT2D eigenvalue weighted by molar-refractivity contribution is 0.296. The fraction of sp³-hybridized carbons (Fsp3) is 0.778. The first-order valence-electron chi connectivity index (χ1n) is 16.1. The lowest BCUT2D eigenvalue weighted by atomic mass is 9.69. The van der Waals surface area contributed by atoms with E-state index < -0.39 is 0 Å². The average Bonchev–Trinajstić information content (AvgIpc) is 3.12. The van der Waals surface area contributed by atoms with Crippen molar-refractivity contribution in [3.05, 3.63) is 47.5 Å². The molecule has 1 aliphatic rings. The van der Waals surface area contributed by atoms with Gasteiger partial charge >= 0.3 is 0 Å². The normalized spacial score (nSPS) is 15.5. The highest BCUT2D eigenvalue weighted by Crippen LogP contribution is 2.45. The molecule has 0 radical (unpaired) electrons. The molecule has 0 saturated heterocycles. The van der Waals surface area contributed by atoms with E-state index in [4.69, 9.17) is 6.58 Å². The fourth-order valence-corrected chi connectivity index (χ4v) is 5.26. The van der Waals surface area contributed by atoms with Gasteiger partial charge in [-0.05, 0) is 49.5 Å². The maximum absolute atomic E-state index is 4.73. The summed E-state index contributed by atoms with van der Waals surface area (Å²) in [4.78, 5) is 0. The van der Waals surface area contributed by atoms with Crippen molar-refractivity contribution >= 4 is 0 Å². The van der Waals surface area contributed by atoms with Crippen molar-refractivity contribution in [3.8, 4) is 0 Å². The Hall–Kier alpha value is -1.04. The molecule has 0 aliphatic heterocycles. The number of aryl methyl sites for hydroxylation is 1. The highest BCUT2D eigenvalue weighted by molar-refractivity contribution is 5.24. The van der Waals surface area contributed by atoms with Crippen LogP contribution in [0.5, 0.6) is 0 Å². The fourth-order valence-electron chi connectivity index (χ4n) is 5.26.